The van der Waals surface area contributed by atoms with Crippen LogP contribution in [-0.2, 0) is 16.0 Å². The maximum absolute atomic E-state index is 9.89. The Hall–Kier alpha value is -0.640. The molecule has 0 saturated heterocycles. The number of aliphatic hydroxyl groups is 3. The van der Waals surface area contributed by atoms with Crippen LogP contribution in [0.3, 0.4) is 0 Å². The van der Waals surface area contributed by atoms with Crippen LogP contribution in [0, 0.1) is 0 Å². The molecule has 2 rings (SSSR count). The van der Waals surface area contributed by atoms with E-state index in [1.165, 1.54) is 5.56 Å². The van der Waals surface area contributed by atoms with Crippen molar-refractivity contribution in [1.82, 2.24) is 5.01 Å². The Kier molecular flexibility index (Phi) is 19.2. The fourth-order valence-corrected chi connectivity index (χ4v) is 2.19. The summed E-state index contributed by atoms with van der Waals surface area (Å²) in [6, 6.07) is 7.97. The van der Waals surface area contributed by atoms with Gasteiger partial charge in [-0.2, -0.15) is 54.0 Å². The summed E-state index contributed by atoms with van der Waals surface area (Å²) in [5.41, 5.74) is 2.22. The van der Waals surface area contributed by atoms with E-state index in [4.69, 9.17) is 26.3 Å². The van der Waals surface area contributed by atoms with Crippen LogP contribution in [0.4, 0.5) is 0 Å². The number of hydrogen-bond donors (Lipinski definition) is 6. The van der Waals surface area contributed by atoms with Gasteiger partial charge in [0, 0.05) is 7.05 Å². The first-order valence-corrected chi connectivity index (χ1v) is 6.72. The summed E-state index contributed by atoms with van der Waals surface area (Å²) < 4.78 is 0. The van der Waals surface area contributed by atoms with Gasteiger partial charge in [-0.3, -0.25) is 5.84 Å². The van der Waals surface area contributed by atoms with Crippen molar-refractivity contribution in [2.24, 2.45) is 5.84 Å². The predicted molar refractivity (Wildman–Crippen MR) is 120 cm³/mol. The van der Waals surface area contributed by atoms with E-state index in [9.17, 15) is 14.7 Å². The minimum absolute atomic E-state index is 0. The predicted octanol–water partition coefficient (Wildman–Crippen LogP) is -1.22. The van der Waals surface area contributed by atoms with Gasteiger partial charge in [0.15, 0.2) is 12.2 Å². The van der Waals surface area contributed by atoms with Crippen molar-refractivity contribution in [3.05, 3.63) is 35.4 Å². The van der Waals surface area contributed by atoms with Gasteiger partial charge < -0.3 is 25.5 Å². The number of aliphatic carboxylic acids is 2. The number of hydrogen-bond acceptors (Lipinski definition) is 7. The largest absolute Gasteiger partial charge is 0.479 e. The van der Waals surface area contributed by atoms with E-state index in [0.717, 1.165) is 12.0 Å². The molecular weight excluding hydrogens is 436 g/mol. The molecular formula is C14H28N2O7S4. The number of aliphatic hydroxyl groups excluding tert-OH is 3. The zero-order valence-corrected chi connectivity index (χ0v) is 18.4. The van der Waals surface area contributed by atoms with Crippen LogP contribution in [0.1, 0.15) is 17.2 Å². The minimum atomic E-state index is -2.27. The van der Waals surface area contributed by atoms with E-state index in [2.05, 4.69) is 0 Å². The standard InChI is InChI=1S/C10H14N2O.C4H6O6.4H2S/c1-12(11)9-6-7-4-2-3-5-8(7)10(9)13;5-1(3(7)8)2(6)4(9)10;;;;/h2-5,9-10,13H,6,11H2,1H3;1-2,5-6H,(H,7,8)(H,9,10);4*1H2/t9-,10-;;;;;/m0...../s1. The van der Waals surface area contributed by atoms with Gasteiger partial charge in [0.1, 0.15) is 0 Å². The molecule has 1 aliphatic rings. The fourth-order valence-electron chi connectivity index (χ4n) is 2.19. The van der Waals surface area contributed by atoms with E-state index in [-0.39, 0.29) is 60.0 Å². The van der Waals surface area contributed by atoms with Gasteiger partial charge in [-0.1, -0.05) is 24.3 Å². The van der Waals surface area contributed by atoms with E-state index < -0.39 is 30.3 Å². The van der Waals surface area contributed by atoms with Gasteiger partial charge in [0.2, 0.25) is 0 Å². The van der Waals surface area contributed by atoms with Crippen molar-refractivity contribution in [1.29, 1.82) is 0 Å². The topological polar surface area (TPSA) is 165 Å². The monoisotopic (exact) mass is 464 g/mol. The molecule has 0 amide bonds. The van der Waals surface area contributed by atoms with Gasteiger partial charge >= 0.3 is 11.9 Å². The Bertz CT molecular complexity index is 562. The van der Waals surface area contributed by atoms with Crippen LogP contribution in [0.15, 0.2) is 24.3 Å². The van der Waals surface area contributed by atoms with Gasteiger partial charge in [-0.05, 0) is 17.5 Å². The highest BCUT2D eigenvalue weighted by molar-refractivity contribution is 7.59. The summed E-state index contributed by atoms with van der Waals surface area (Å²) in [4.78, 5) is 19.5. The first-order chi connectivity index (χ1) is 10.7. The molecule has 0 saturated carbocycles. The Balaban J connectivity index is -0.000000176. The number of nitrogens with two attached hydrogens (primary N) is 1. The first kappa shape index (κ1) is 33.9. The summed E-state index contributed by atoms with van der Waals surface area (Å²) in [6.45, 7) is 0. The van der Waals surface area contributed by atoms with Crippen molar-refractivity contribution in [3.8, 4) is 0 Å². The van der Waals surface area contributed by atoms with E-state index in [1.54, 1.807) is 12.1 Å². The van der Waals surface area contributed by atoms with Gasteiger partial charge in [-0.25, -0.2) is 14.6 Å². The third-order valence-electron chi connectivity index (χ3n) is 3.50. The molecule has 0 spiro atoms. The lowest BCUT2D eigenvalue weighted by Gasteiger charge is -2.21. The average molecular weight is 465 g/mol. The molecule has 1 aliphatic carbocycles. The summed E-state index contributed by atoms with van der Waals surface area (Å²) >= 11 is 0. The molecule has 1 aromatic carbocycles. The second-order valence-corrected chi connectivity index (χ2v) is 5.15. The highest BCUT2D eigenvalue weighted by atomic mass is 32.1. The van der Waals surface area contributed by atoms with Gasteiger partial charge in [0.05, 0.1) is 12.1 Å². The van der Waals surface area contributed by atoms with E-state index >= 15 is 0 Å². The van der Waals surface area contributed by atoms with E-state index in [1.807, 2.05) is 24.3 Å². The molecule has 0 aromatic heterocycles. The maximum atomic E-state index is 9.89. The third kappa shape index (κ3) is 9.40. The summed E-state index contributed by atoms with van der Waals surface area (Å²) in [7, 11) is 1.79. The van der Waals surface area contributed by atoms with Gasteiger partial charge in [0.25, 0.3) is 0 Å². The van der Waals surface area contributed by atoms with E-state index in [0.29, 0.717) is 0 Å². The summed E-state index contributed by atoms with van der Waals surface area (Å²) in [6.07, 6.45) is -4.13. The van der Waals surface area contributed by atoms with Crippen LogP contribution in [0.25, 0.3) is 0 Å². The molecule has 0 radical (unpaired) electrons. The molecule has 0 aliphatic heterocycles. The van der Waals surface area contributed by atoms with Crippen LogP contribution in [0.2, 0.25) is 0 Å². The van der Waals surface area contributed by atoms with Crippen LogP contribution in [-0.4, -0.2) is 67.8 Å². The molecule has 4 atom stereocenters. The number of rotatable bonds is 4. The lowest BCUT2D eigenvalue weighted by Crippen LogP contribution is -2.40. The number of carbonyl (C=O) groups is 2. The zero-order chi connectivity index (χ0) is 17.7. The molecule has 7 N–H and O–H groups in total. The zero-order valence-electron chi connectivity index (χ0n) is 14.4. The Labute approximate surface area is 184 Å². The SMILES string of the molecule is CN(N)[C@H]1Cc2ccccc2[C@@H]1O.O=C(O)C(O)C(O)C(=O)O.S.S.S.S. The van der Waals surface area contributed by atoms with Crippen molar-refractivity contribution in [3.63, 3.8) is 0 Å². The first-order valence-electron chi connectivity index (χ1n) is 6.72. The van der Waals surface area contributed by atoms with Gasteiger partial charge in [-0.15, -0.1) is 0 Å². The van der Waals surface area contributed by atoms with Crippen molar-refractivity contribution in [2.45, 2.75) is 30.8 Å². The van der Waals surface area contributed by atoms with Crippen LogP contribution in [0.5, 0.6) is 0 Å². The molecule has 13 heteroatoms. The van der Waals surface area contributed by atoms with Crippen LogP contribution >= 0.6 is 54.0 Å². The Morgan fingerprint density at radius 2 is 1.44 bits per heavy atom. The molecule has 0 heterocycles. The van der Waals surface area contributed by atoms with Crippen molar-refractivity contribution >= 4 is 65.9 Å². The molecule has 160 valence electrons. The molecule has 27 heavy (non-hydrogen) atoms. The maximum Gasteiger partial charge on any atom is 0.335 e. The second-order valence-electron chi connectivity index (χ2n) is 5.15. The molecule has 1 aromatic rings. The number of carboxylic acid groups (broad SMARTS) is 2. The van der Waals surface area contributed by atoms with Crippen LogP contribution < -0.4 is 5.84 Å². The molecule has 0 bridgehead atoms. The quantitative estimate of drug-likeness (QED) is 0.237. The minimum Gasteiger partial charge on any atom is -0.479 e. The number of hydrazine groups is 1. The number of likely N-dealkylation sites (N-methyl/N-ethyl adjacent to an activating group) is 1. The summed E-state index contributed by atoms with van der Waals surface area (Å²) in [5.74, 6) is 2.10. The molecule has 2 unspecified atom stereocenters. The highest BCUT2D eigenvalue weighted by Gasteiger charge is 2.32. The Morgan fingerprint density at radius 1 is 1.04 bits per heavy atom. The average Bonchev–Trinajstić information content (AvgIpc) is 2.84. The lowest BCUT2D eigenvalue weighted by molar-refractivity contribution is -0.165. The number of carboxylic acids is 2. The highest BCUT2D eigenvalue weighted by Crippen LogP contribution is 2.32. The number of benzene rings is 1. The van der Waals surface area contributed by atoms with Crippen molar-refractivity contribution < 1.29 is 35.1 Å². The number of nitrogens with zero attached hydrogens (tertiary/aromatic N) is 1. The molecule has 0 fully saturated rings. The third-order valence-corrected chi connectivity index (χ3v) is 3.50. The lowest BCUT2D eigenvalue weighted by atomic mass is 10.1. The summed E-state index contributed by atoms with van der Waals surface area (Å²) in [5, 5.41) is 44.0. The van der Waals surface area contributed by atoms with Crippen molar-refractivity contribution in [2.75, 3.05) is 7.05 Å². The normalized spacial score (nSPS) is 18.6. The molecule has 9 nitrogen and oxygen atoms in total. The Morgan fingerprint density at radius 3 is 1.78 bits per heavy atom. The number of fused-ring (bicyclic) bond motifs is 1. The fraction of sp³-hybridized carbons (Fsp3) is 0.429. The second kappa shape index (κ2) is 15.3. The smallest absolute Gasteiger partial charge is 0.335 e.